The van der Waals surface area contributed by atoms with Crippen LogP contribution < -0.4 is 16.0 Å². The molecule has 0 saturated heterocycles. The van der Waals surface area contributed by atoms with Gasteiger partial charge in [0.2, 0.25) is 0 Å². The Morgan fingerprint density at radius 3 is 1.96 bits per heavy atom. The zero-order valence-electron chi connectivity index (χ0n) is 12.4. The second-order valence-electron chi connectivity index (χ2n) is 5.46. The van der Waals surface area contributed by atoms with Crippen molar-refractivity contribution in [1.29, 1.82) is 0 Å². The molecule has 3 amide bonds. The molecule has 126 valence electrons. The minimum atomic E-state index is -4.93. The van der Waals surface area contributed by atoms with Gasteiger partial charge >= 0.3 is 18.1 Å². The maximum Gasteiger partial charge on any atom is 0.471 e. The van der Waals surface area contributed by atoms with Gasteiger partial charge in [0.25, 0.3) is 0 Å². The van der Waals surface area contributed by atoms with E-state index in [9.17, 15) is 22.8 Å². The lowest BCUT2D eigenvalue weighted by Crippen LogP contribution is -2.39. The number of alkyl halides is 3. The van der Waals surface area contributed by atoms with E-state index in [-0.39, 0.29) is 17.8 Å². The molecule has 1 saturated carbocycles. The van der Waals surface area contributed by atoms with Gasteiger partial charge in [-0.1, -0.05) is 19.3 Å². The summed E-state index contributed by atoms with van der Waals surface area (Å²) < 4.78 is 36.4. The average Bonchev–Trinajstić information content (AvgIpc) is 2.49. The summed E-state index contributed by atoms with van der Waals surface area (Å²) in [6.07, 6.45) is 0.352. The first kappa shape index (κ1) is 17.1. The van der Waals surface area contributed by atoms with Gasteiger partial charge in [-0.25, -0.2) is 4.79 Å². The van der Waals surface area contributed by atoms with E-state index in [1.807, 2.05) is 0 Å². The lowest BCUT2D eigenvalue weighted by Gasteiger charge is -2.22. The van der Waals surface area contributed by atoms with E-state index in [1.165, 1.54) is 30.7 Å². The van der Waals surface area contributed by atoms with Crippen LogP contribution in [0.4, 0.5) is 29.3 Å². The van der Waals surface area contributed by atoms with Gasteiger partial charge in [0.15, 0.2) is 0 Å². The Kier molecular flexibility index (Phi) is 5.46. The Bertz CT molecular complexity index is 552. The Morgan fingerprint density at radius 1 is 0.913 bits per heavy atom. The maximum atomic E-state index is 12.1. The fourth-order valence-corrected chi connectivity index (χ4v) is 2.44. The lowest BCUT2D eigenvalue weighted by molar-refractivity contribution is -0.167. The third-order valence-corrected chi connectivity index (χ3v) is 3.60. The Balaban J connectivity index is 1.84. The molecule has 23 heavy (non-hydrogen) atoms. The average molecular weight is 329 g/mol. The van der Waals surface area contributed by atoms with Gasteiger partial charge in [-0.15, -0.1) is 0 Å². The van der Waals surface area contributed by atoms with Crippen molar-refractivity contribution in [3.05, 3.63) is 24.3 Å². The summed E-state index contributed by atoms with van der Waals surface area (Å²) in [4.78, 5) is 22.6. The SMILES string of the molecule is O=C(Nc1ccc(NC(=O)C(F)(F)F)cc1)NC1CCCCC1. The molecule has 0 bridgehead atoms. The fourth-order valence-electron chi connectivity index (χ4n) is 2.44. The van der Waals surface area contributed by atoms with Gasteiger partial charge in [-0.2, -0.15) is 13.2 Å². The minimum absolute atomic E-state index is 0.00515. The predicted molar refractivity (Wildman–Crippen MR) is 80.2 cm³/mol. The Morgan fingerprint density at radius 2 is 1.43 bits per heavy atom. The van der Waals surface area contributed by atoms with Crippen LogP contribution in [0.5, 0.6) is 0 Å². The van der Waals surface area contributed by atoms with E-state index in [1.54, 1.807) is 5.32 Å². The molecular weight excluding hydrogens is 311 g/mol. The molecule has 0 aliphatic heterocycles. The third-order valence-electron chi connectivity index (χ3n) is 3.60. The molecule has 3 N–H and O–H groups in total. The monoisotopic (exact) mass is 329 g/mol. The van der Waals surface area contributed by atoms with Crippen LogP contribution in [0.25, 0.3) is 0 Å². The van der Waals surface area contributed by atoms with Crippen LogP contribution in [0, 0.1) is 0 Å². The zero-order valence-corrected chi connectivity index (χ0v) is 12.4. The number of rotatable bonds is 3. The molecule has 1 aromatic carbocycles. The molecule has 5 nitrogen and oxygen atoms in total. The van der Waals surface area contributed by atoms with E-state index in [0.29, 0.717) is 5.69 Å². The van der Waals surface area contributed by atoms with Crippen molar-refractivity contribution in [2.75, 3.05) is 10.6 Å². The number of amides is 3. The number of halogens is 3. The van der Waals surface area contributed by atoms with Crippen molar-refractivity contribution >= 4 is 23.3 Å². The van der Waals surface area contributed by atoms with E-state index >= 15 is 0 Å². The quantitative estimate of drug-likeness (QED) is 0.792. The van der Waals surface area contributed by atoms with Gasteiger partial charge < -0.3 is 16.0 Å². The lowest BCUT2D eigenvalue weighted by atomic mass is 9.96. The smallest absolute Gasteiger partial charge is 0.335 e. The van der Waals surface area contributed by atoms with E-state index in [2.05, 4.69) is 10.6 Å². The standard InChI is InChI=1S/C15H18F3N3O2/c16-15(17,18)13(22)19-11-6-8-12(9-7-11)21-14(23)20-10-4-2-1-3-5-10/h6-10H,1-5H2,(H,19,22)(H2,20,21,23). The van der Waals surface area contributed by atoms with Crippen LogP contribution in [0.3, 0.4) is 0 Å². The first-order valence-electron chi connectivity index (χ1n) is 7.40. The van der Waals surface area contributed by atoms with Crippen LogP contribution in [0.2, 0.25) is 0 Å². The normalized spacial score (nSPS) is 15.8. The number of urea groups is 1. The third kappa shape index (κ3) is 5.46. The summed E-state index contributed by atoms with van der Waals surface area (Å²) in [5, 5.41) is 7.22. The molecule has 1 fully saturated rings. The summed E-state index contributed by atoms with van der Waals surface area (Å²) in [5.41, 5.74) is 0.439. The van der Waals surface area contributed by atoms with E-state index in [0.717, 1.165) is 25.7 Å². The minimum Gasteiger partial charge on any atom is -0.335 e. The molecule has 0 unspecified atom stereocenters. The molecule has 1 aromatic rings. The molecule has 0 atom stereocenters. The number of hydrogen-bond donors (Lipinski definition) is 3. The molecular formula is C15H18F3N3O2. The first-order valence-corrected chi connectivity index (χ1v) is 7.40. The highest BCUT2D eigenvalue weighted by Gasteiger charge is 2.38. The number of carbonyl (C=O) groups is 2. The largest absolute Gasteiger partial charge is 0.471 e. The van der Waals surface area contributed by atoms with Crippen molar-refractivity contribution in [3.8, 4) is 0 Å². The van der Waals surface area contributed by atoms with Crippen LogP contribution in [0.15, 0.2) is 24.3 Å². The number of benzene rings is 1. The maximum absolute atomic E-state index is 12.1. The second-order valence-corrected chi connectivity index (χ2v) is 5.46. The van der Waals surface area contributed by atoms with Gasteiger partial charge in [0.05, 0.1) is 0 Å². The highest BCUT2D eigenvalue weighted by Crippen LogP contribution is 2.20. The van der Waals surface area contributed by atoms with E-state index < -0.39 is 12.1 Å². The Labute approximate surface area is 131 Å². The van der Waals surface area contributed by atoms with Crippen LogP contribution in [-0.2, 0) is 4.79 Å². The highest BCUT2D eigenvalue weighted by molar-refractivity contribution is 5.95. The topological polar surface area (TPSA) is 70.2 Å². The molecule has 0 aromatic heterocycles. The summed E-state index contributed by atoms with van der Waals surface area (Å²) >= 11 is 0. The summed E-state index contributed by atoms with van der Waals surface area (Å²) in [6.45, 7) is 0. The van der Waals surface area contributed by atoms with Crippen molar-refractivity contribution in [3.63, 3.8) is 0 Å². The first-order chi connectivity index (χ1) is 10.8. The molecule has 0 radical (unpaired) electrons. The number of nitrogens with one attached hydrogen (secondary N) is 3. The zero-order chi connectivity index (χ0) is 16.9. The van der Waals surface area contributed by atoms with Crippen molar-refractivity contribution < 1.29 is 22.8 Å². The summed E-state index contributed by atoms with van der Waals surface area (Å²) in [6, 6.07) is 5.25. The van der Waals surface area contributed by atoms with E-state index in [4.69, 9.17) is 0 Å². The predicted octanol–water partition coefficient (Wildman–Crippen LogP) is 3.64. The number of hydrogen-bond acceptors (Lipinski definition) is 2. The van der Waals surface area contributed by atoms with Gasteiger partial charge in [0.1, 0.15) is 0 Å². The molecule has 2 rings (SSSR count). The second kappa shape index (κ2) is 7.34. The Hall–Kier alpha value is -2.25. The van der Waals surface area contributed by atoms with Gasteiger partial charge in [0, 0.05) is 17.4 Å². The summed E-state index contributed by atoms with van der Waals surface area (Å²) in [7, 11) is 0. The fraction of sp³-hybridized carbons (Fsp3) is 0.467. The molecule has 8 heteroatoms. The molecule has 1 aliphatic carbocycles. The van der Waals surface area contributed by atoms with Crippen LogP contribution >= 0.6 is 0 Å². The number of carbonyl (C=O) groups excluding carboxylic acids is 2. The summed E-state index contributed by atoms with van der Waals surface area (Å²) in [5.74, 6) is -2.03. The van der Waals surface area contributed by atoms with Gasteiger partial charge in [-0.3, -0.25) is 4.79 Å². The number of anilines is 2. The van der Waals surface area contributed by atoms with Crippen molar-refractivity contribution in [2.45, 2.75) is 44.3 Å². The van der Waals surface area contributed by atoms with Gasteiger partial charge in [-0.05, 0) is 37.1 Å². The van der Waals surface area contributed by atoms with Crippen LogP contribution in [0.1, 0.15) is 32.1 Å². The highest BCUT2D eigenvalue weighted by atomic mass is 19.4. The van der Waals surface area contributed by atoms with Crippen molar-refractivity contribution in [1.82, 2.24) is 5.32 Å². The molecule has 0 spiro atoms. The molecule has 1 aliphatic rings. The van der Waals surface area contributed by atoms with Crippen molar-refractivity contribution in [2.24, 2.45) is 0 Å². The molecule has 0 heterocycles. The van der Waals surface area contributed by atoms with Crippen LogP contribution in [-0.4, -0.2) is 24.2 Å².